The number of aromatic nitrogens is 1. The second kappa shape index (κ2) is 11.5. The van der Waals surface area contributed by atoms with E-state index in [0.29, 0.717) is 23.7 Å². The van der Waals surface area contributed by atoms with Crippen LogP contribution in [0.5, 0.6) is 5.88 Å². The lowest BCUT2D eigenvalue weighted by Crippen LogP contribution is -2.42. The maximum Gasteiger partial charge on any atom is 0.323 e. The second-order valence-corrected chi connectivity index (χ2v) is 9.39. The van der Waals surface area contributed by atoms with E-state index in [-0.39, 0.29) is 12.1 Å². The van der Waals surface area contributed by atoms with Crippen molar-refractivity contribution < 1.29 is 14.3 Å². The van der Waals surface area contributed by atoms with Crippen LogP contribution in [0.2, 0.25) is 0 Å². The van der Waals surface area contributed by atoms with E-state index < -0.39 is 0 Å². The van der Waals surface area contributed by atoms with Gasteiger partial charge in [0.1, 0.15) is 6.10 Å². The van der Waals surface area contributed by atoms with E-state index in [0.717, 1.165) is 44.6 Å². The molecule has 0 radical (unpaired) electrons. The number of pyridine rings is 1. The highest BCUT2D eigenvalue weighted by atomic mass is 16.5. The van der Waals surface area contributed by atoms with Crippen molar-refractivity contribution in [3.05, 3.63) is 42.6 Å². The molecule has 1 aliphatic carbocycles. The van der Waals surface area contributed by atoms with E-state index in [4.69, 9.17) is 9.47 Å². The number of rotatable bonds is 9. The van der Waals surface area contributed by atoms with Crippen LogP contribution in [0.15, 0.2) is 42.6 Å². The van der Waals surface area contributed by atoms with Crippen molar-refractivity contribution in [3.8, 4) is 5.88 Å². The zero-order valence-electron chi connectivity index (χ0n) is 20.5. The van der Waals surface area contributed by atoms with Crippen LogP contribution in [0, 0.1) is 0 Å². The summed E-state index contributed by atoms with van der Waals surface area (Å²) in [7, 11) is 3.93. The SMILES string of the molecule is COC[C@H](C)N(C)C1CCN(c2ccc(NC(=O)Nc3ccc(OC4CCCC4)nc3)cc2)C1. The molecule has 2 heterocycles. The highest BCUT2D eigenvalue weighted by Gasteiger charge is 2.28. The quantitative estimate of drug-likeness (QED) is 0.562. The Bertz CT molecular complexity index is 915. The van der Waals surface area contributed by atoms with E-state index in [1.807, 2.05) is 18.2 Å². The van der Waals surface area contributed by atoms with Crippen LogP contribution in [0.25, 0.3) is 0 Å². The molecule has 8 heteroatoms. The number of methoxy groups -OCH3 is 1. The van der Waals surface area contributed by atoms with Gasteiger partial charge in [-0.3, -0.25) is 4.90 Å². The molecule has 2 amide bonds. The fourth-order valence-corrected chi connectivity index (χ4v) is 4.78. The first-order chi connectivity index (χ1) is 16.5. The van der Waals surface area contributed by atoms with Gasteiger partial charge in [0.15, 0.2) is 0 Å². The van der Waals surface area contributed by atoms with Crippen molar-refractivity contribution in [3.63, 3.8) is 0 Å². The Labute approximate surface area is 202 Å². The van der Waals surface area contributed by atoms with Gasteiger partial charge in [0, 0.05) is 49.7 Å². The average Bonchev–Trinajstić information content (AvgIpc) is 3.53. The van der Waals surface area contributed by atoms with Gasteiger partial charge in [0.25, 0.3) is 0 Å². The number of carbonyl (C=O) groups excluding carboxylic acids is 1. The number of likely N-dealkylation sites (N-methyl/N-ethyl adjacent to an activating group) is 1. The van der Waals surface area contributed by atoms with Crippen molar-refractivity contribution in [2.45, 2.75) is 57.2 Å². The monoisotopic (exact) mass is 467 g/mol. The van der Waals surface area contributed by atoms with Gasteiger partial charge in [-0.15, -0.1) is 0 Å². The molecule has 2 N–H and O–H groups in total. The number of nitrogens with one attached hydrogen (secondary N) is 2. The van der Waals surface area contributed by atoms with Crippen molar-refractivity contribution in [1.29, 1.82) is 0 Å². The van der Waals surface area contributed by atoms with E-state index in [2.05, 4.69) is 51.5 Å². The van der Waals surface area contributed by atoms with Gasteiger partial charge in [-0.25, -0.2) is 9.78 Å². The summed E-state index contributed by atoms with van der Waals surface area (Å²) in [5, 5.41) is 5.71. The Morgan fingerprint density at radius 3 is 2.50 bits per heavy atom. The topological polar surface area (TPSA) is 79.0 Å². The number of benzene rings is 1. The maximum atomic E-state index is 12.4. The number of hydrogen-bond acceptors (Lipinski definition) is 6. The van der Waals surface area contributed by atoms with Gasteiger partial charge in [-0.1, -0.05) is 0 Å². The Morgan fingerprint density at radius 1 is 1.12 bits per heavy atom. The second-order valence-electron chi connectivity index (χ2n) is 9.39. The lowest BCUT2D eigenvalue weighted by Gasteiger charge is -2.30. The number of amides is 2. The first-order valence-corrected chi connectivity index (χ1v) is 12.3. The molecule has 1 aliphatic heterocycles. The smallest absolute Gasteiger partial charge is 0.323 e. The molecule has 1 aromatic carbocycles. The Balaban J connectivity index is 1.24. The van der Waals surface area contributed by atoms with E-state index in [1.165, 1.54) is 18.5 Å². The molecular formula is C26H37N5O3. The summed E-state index contributed by atoms with van der Waals surface area (Å²) in [6, 6.07) is 12.2. The highest BCUT2D eigenvalue weighted by Crippen LogP contribution is 2.26. The summed E-state index contributed by atoms with van der Waals surface area (Å²) in [5.74, 6) is 0.608. The molecule has 1 saturated heterocycles. The molecule has 4 rings (SSSR count). The number of urea groups is 1. The van der Waals surface area contributed by atoms with Crippen LogP contribution < -0.4 is 20.3 Å². The van der Waals surface area contributed by atoms with Crippen LogP contribution in [-0.4, -0.2) is 68.0 Å². The summed E-state index contributed by atoms with van der Waals surface area (Å²) in [6.07, 6.45) is 7.64. The Morgan fingerprint density at radius 2 is 1.82 bits per heavy atom. The van der Waals surface area contributed by atoms with E-state index in [1.54, 1.807) is 19.4 Å². The summed E-state index contributed by atoms with van der Waals surface area (Å²) >= 11 is 0. The van der Waals surface area contributed by atoms with Crippen molar-refractivity contribution in [2.75, 3.05) is 49.4 Å². The van der Waals surface area contributed by atoms with Crippen LogP contribution in [0.3, 0.4) is 0 Å². The average molecular weight is 468 g/mol. The van der Waals surface area contributed by atoms with E-state index in [9.17, 15) is 4.79 Å². The molecule has 0 bridgehead atoms. The molecule has 1 aromatic heterocycles. The normalized spacial score (nSPS) is 19.4. The number of carbonyl (C=O) groups is 1. The number of ether oxygens (including phenoxy) is 2. The lowest BCUT2D eigenvalue weighted by atomic mass is 10.2. The molecular weight excluding hydrogens is 430 g/mol. The van der Waals surface area contributed by atoms with Crippen molar-refractivity contribution >= 4 is 23.1 Å². The first-order valence-electron chi connectivity index (χ1n) is 12.3. The van der Waals surface area contributed by atoms with Crippen LogP contribution in [0.4, 0.5) is 21.9 Å². The highest BCUT2D eigenvalue weighted by molar-refractivity contribution is 5.99. The molecule has 2 atom stereocenters. The third kappa shape index (κ3) is 6.39. The minimum Gasteiger partial charge on any atom is -0.474 e. The van der Waals surface area contributed by atoms with E-state index >= 15 is 0 Å². The Kier molecular flexibility index (Phi) is 8.24. The number of anilines is 3. The molecule has 2 fully saturated rings. The summed E-state index contributed by atoms with van der Waals surface area (Å²) in [6.45, 7) is 4.96. The standard InChI is InChI=1S/C26H37N5O3/c1-19(18-33-3)30(2)23-14-15-31(17-23)22-11-8-20(9-12-22)28-26(32)29-21-10-13-25(27-16-21)34-24-6-4-5-7-24/h8-13,16,19,23-24H,4-7,14-15,17-18H2,1-3H3,(H2,28,29,32)/t19-,23?/m0/s1. The third-order valence-electron chi connectivity index (χ3n) is 6.92. The van der Waals surface area contributed by atoms with Crippen molar-refractivity contribution in [1.82, 2.24) is 9.88 Å². The van der Waals surface area contributed by atoms with Crippen molar-refractivity contribution in [2.24, 2.45) is 0 Å². The fourth-order valence-electron chi connectivity index (χ4n) is 4.78. The molecule has 184 valence electrons. The molecule has 34 heavy (non-hydrogen) atoms. The predicted molar refractivity (Wildman–Crippen MR) is 136 cm³/mol. The summed E-state index contributed by atoms with van der Waals surface area (Å²) in [5.41, 5.74) is 2.54. The van der Waals surface area contributed by atoms with Crippen LogP contribution in [0.1, 0.15) is 39.0 Å². The molecule has 2 aromatic rings. The fraction of sp³-hybridized carbons (Fsp3) is 0.538. The largest absolute Gasteiger partial charge is 0.474 e. The zero-order chi connectivity index (χ0) is 23.9. The first kappa shape index (κ1) is 24.3. The molecule has 1 saturated carbocycles. The molecule has 8 nitrogen and oxygen atoms in total. The van der Waals surface area contributed by atoms with Gasteiger partial charge < -0.3 is 25.0 Å². The Hall–Kier alpha value is -2.84. The number of nitrogens with zero attached hydrogens (tertiary/aromatic N) is 3. The minimum absolute atomic E-state index is 0.268. The lowest BCUT2D eigenvalue weighted by molar-refractivity contribution is 0.0946. The summed E-state index contributed by atoms with van der Waals surface area (Å²) < 4.78 is 11.2. The summed E-state index contributed by atoms with van der Waals surface area (Å²) in [4.78, 5) is 21.5. The zero-order valence-corrected chi connectivity index (χ0v) is 20.5. The number of hydrogen-bond donors (Lipinski definition) is 2. The molecule has 1 unspecified atom stereocenters. The van der Waals surface area contributed by atoms with Gasteiger partial charge in [0.05, 0.1) is 18.5 Å². The van der Waals surface area contributed by atoms with Gasteiger partial charge >= 0.3 is 6.03 Å². The predicted octanol–water partition coefficient (Wildman–Crippen LogP) is 4.59. The van der Waals surface area contributed by atoms with Gasteiger partial charge in [-0.05, 0) is 76.4 Å². The van der Waals surface area contributed by atoms with Crippen LogP contribution >= 0.6 is 0 Å². The maximum absolute atomic E-state index is 12.4. The van der Waals surface area contributed by atoms with Gasteiger partial charge in [-0.2, -0.15) is 0 Å². The molecule has 2 aliphatic rings. The van der Waals surface area contributed by atoms with Gasteiger partial charge in [0.2, 0.25) is 5.88 Å². The molecule has 0 spiro atoms. The third-order valence-corrected chi connectivity index (χ3v) is 6.92. The minimum atomic E-state index is -0.297. The van der Waals surface area contributed by atoms with Crippen LogP contribution in [-0.2, 0) is 4.74 Å².